The van der Waals surface area contributed by atoms with Crippen molar-refractivity contribution in [3.8, 4) is 17.1 Å². The normalized spacial score (nSPS) is 11.1. The third-order valence-corrected chi connectivity index (χ3v) is 4.23. The second kappa shape index (κ2) is 7.66. The summed E-state index contributed by atoms with van der Waals surface area (Å²) in [6.45, 7) is 7.51. The van der Waals surface area contributed by atoms with Gasteiger partial charge < -0.3 is 4.74 Å². The van der Waals surface area contributed by atoms with Gasteiger partial charge in [-0.05, 0) is 65.6 Å². The summed E-state index contributed by atoms with van der Waals surface area (Å²) < 4.78 is 5.81. The number of aryl methyl sites for hydroxylation is 1. The highest BCUT2D eigenvalue weighted by atomic mass is 35.5. The van der Waals surface area contributed by atoms with E-state index < -0.39 is 0 Å². The molecule has 0 radical (unpaired) electrons. The lowest BCUT2D eigenvalue weighted by Gasteiger charge is -2.12. The van der Waals surface area contributed by atoms with Crippen LogP contribution in [0.4, 0.5) is 0 Å². The van der Waals surface area contributed by atoms with E-state index in [1.165, 1.54) is 11.1 Å². The molecule has 3 aromatic rings. The summed E-state index contributed by atoms with van der Waals surface area (Å²) >= 11 is 5.89. The molecule has 0 aliphatic rings. The van der Waals surface area contributed by atoms with E-state index in [1.54, 1.807) is 4.80 Å². The van der Waals surface area contributed by atoms with Crippen molar-refractivity contribution in [1.29, 1.82) is 0 Å². The molecule has 0 fully saturated rings. The van der Waals surface area contributed by atoms with Gasteiger partial charge >= 0.3 is 0 Å². The second-order valence-electron chi connectivity index (χ2n) is 6.24. The van der Waals surface area contributed by atoms with E-state index >= 15 is 0 Å². The van der Waals surface area contributed by atoms with E-state index in [0.717, 1.165) is 11.3 Å². The van der Waals surface area contributed by atoms with Crippen LogP contribution >= 0.6 is 11.6 Å². The highest BCUT2D eigenvalue weighted by Crippen LogP contribution is 2.23. The van der Waals surface area contributed by atoms with E-state index in [0.29, 0.717) is 29.9 Å². The predicted molar refractivity (Wildman–Crippen MR) is 99.0 cm³/mol. The van der Waals surface area contributed by atoms with Crippen LogP contribution in [0.5, 0.6) is 5.75 Å². The number of ether oxygens (including phenoxy) is 1. The SMILES string of the molecule is Cc1cc(OCCn2nnc(-c3ccc(Cl)cc3)n2)ccc1C(C)C. The first-order valence-corrected chi connectivity index (χ1v) is 8.68. The Labute approximate surface area is 152 Å². The largest absolute Gasteiger partial charge is 0.492 e. The molecule has 0 atom stereocenters. The number of halogens is 1. The summed E-state index contributed by atoms with van der Waals surface area (Å²) in [5, 5.41) is 13.2. The highest BCUT2D eigenvalue weighted by molar-refractivity contribution is 6.30. The number of benzene rings is 2. The Morgan fingerprint density at radius 1 is 1.12 bits per heavy atom. The van der Waals surface area contributed by atoms with Gasteiger partial charge in [-0.1, -0.05) is 31.5 Å². The summed E-state index contributed by atoms with van der Waals surface area (Å²) in [4.78, 5) is 1.54. The molecular formula is C19H21ClN4O. The molecule has 0 bridgehead atoms. The molecule has 1 heterocycles. The molecule has 1 aromatic heterocycles. The first kappa shape index (κ1) is 17.4. The van der Waals surface area contributed by atoms with Crippen molar-refractivity contribution in [2.45, 2.75) is 33.2 Å². The van der Waals surface area contributed by atoms with Gasteiger partial charge in [-0.25, -0.2) is 0 Å². The smallest absolute Gasteiger partial charge is 0.204 e. The molecule has 2 aromatic carbocycles. The number of hydrogen-bond acceptors (Lipinski definition) is 4. The van der Waals surface area contributed by atoms with Crippen molar-refractivity contribution >= 4 is 11.6 Å². The molecule has 3 rings (SSSR count). The van der Waals surface area contributed by atoms with E-state index in [4.69, 9.17) is 16.3 Å². The second-order valence-corrected chi connectivity index (χ2v) is 6.67. The fourth-order valence-electron chi connectivity index (χ4n) is 2.68. The van der Waals surface area contributed by atoms with Crippen molar-refractivity contribution in [3.63, 3.8) is 0 Å². The lowest BCUT2D eigenvalue weighted by atomic mass is 9.98. The zero-order chi connectivity index (χ0) is 17.8. The number of nitrogens with zero attached hydrogens (tertiary/aromatic N) is 4. The fourth-order valence-corrected chi connectivity index (χ4v) is 2.81. The van der Waals surface area contributed by atoms with Gasteiger partial charge in [-0.3, -0.25) is 0 Å². The topological polar surface area (TPSA) is 52.8 Å². The molecule has 0 aliphatic carbocycles. The Balaban J connectivity index is 1.58. The molecule has 0 unspecified atom stereocenters. The Kier molecular flexibility index (Phi) is 5.34. The third-order valence-electron chi connectivity index (χ3n) is 3.98. The van der Waals surface area contributed by atoms with E-state index in [2.05, 4.69) is 48.3 Å². The maximum absolute atomic E-state index is 5.89. The number of aromatic nitrogens is 4. The average molecular weight is 357 g/mol. The highest BCUT2D eigenvalue weighted by Gasteiger charge is 2.07. The van der Waals surface area contributed by atoms with Gasteiger partial charge in [0.1, 0.15) is 12.4 Å². The maximum atomic E-state index is 5.89. The van der Waals surface area contributed by atoms with E-state index in [1.807, 2.05) is 30.3 Å². The van der Waals surface area contributed by atoms with Gasteiger partial charge in [0.2, 0.25) is 5.82 Å². The van der Waals surface area contributed by atoms with Crippen LogP contribution in [0.3, 0.4) is 0 Å². The van der Waals surface area contributed by atoms with Gasteiger partial charge in [0, 0.05) is 10.6 Å². The minimum atomic E-state index is 0.483. The van der Waals surface area contributed by atoms with Crippen LogP contribution in [0.2, 0.25) is 5.02 Å². The molecule has 130 valence electrons. The fraction of sp³-hybridized carbons (Fsp3) is 0.316. The quantitative estimate of drug-likeness (QED) is 0.652. The standard InChI is InChI=1S/C19H21ClN4O/c1-13(2)18-9-8-17(12-14(18)3)25-11-10-24-22-19(21-23-24)15-4-6-16(20)7-5-15/h4-9,12-13H,10-11H2,1-3H3. The summed E-state index contributed by atoms with van der Waals surface area (Å²) in [5.41, 5.74) is 3.48. The minimum absolute atomic E-state index is 0.483. The summed E-state index contributed by atoms with van der Waals surface area (Å²) in [6.07, 6.45) is 0. The van der Waals surface area contributed by atoms with Gasteiger partial charge in [0.15, 0.2) is 0 Å². The molecule has 0 saturated carbocycles. The third kappa shape index (κ3) is 4.37. The average Bonchev–Trinajstić information content (AvgIpc) is 3.04. The van der Waals surface area contributed by atoms with Crippen LogP contribution in [-0.2, 0) is 6.54 Å². The molecule has 0 spiro atoms. The summed E-state index contributed by atoms with van der Waals surface area (Å²) in [5.74, 6) is 1.95. The van der Waals surface area contributed by atoms with Crippen LogP contribution in [-0.4, -0.2) is 26.8 Å². The Morgan fingerprint density at radius 3 is 2.56 bits per heavy atom. The van der Waals surface area contributed by atoms with Crippen molar-refractivity contribution in [3.05, 3.63) is 58.6 Å². The van der Waals surface area contributed by atoms with Gasteiger partial charge in [0.05, 0.1) is 6.54 Å². The van der Waals surface area contributed by atoms with Crippen molar-refractivity contribution < 1.29 is 4.74 Å². The molecule has 5 nitrogen and oxygen atoms in total. The first-order chi connectivity index (χ1) is 12.0. The summed E-state index contributed by atoms with van der Waals surface area (Å²) in [6, 6.07) is 13.6. The van der Waals surface area contributed by atoms with Crippen LogP contribution in [0.15, 0.2) is 42.5 Å². The number of tetrazole rings is 1. The molecule has 0 amide bonds. The summed E-state index contributed by atoms with van der Waals surface area (Å²) in [7, 11) is 0. The monoisotopic (exact) mass is 356 g/mol. The Bertz CT molecular complexity index is 843. The van der Waals surface area contributed by atoms with Gasteiger partial charge in [-0.2, -0.15) is 4.80 Å². The van der Waals surface area contributed by atoms with Crippen LogP contribution < -0.4 is 4.74 Å². The van der Waals surface area contributed by atoms with Crippen LogP contribution in [0.1, 0.15) is 30.9 Å². The van der Waals surface area contributed by atoms with Gasteiger partial charge in [-0.15, -0.1) is 10.2 Å². The van der Waals surface area contributed by atoms with E-state index in [-0.39, 0.29) is 0 Å². The zero-order valence-electron chi connectivity index (χ0n) is 14.6. The molecule has 25 heavy (non-hydrogen) atoms. The molecule has 0 saturated heterocycles. The van der Waals surface area contributed by atoms with Gasteiger partial charge in [0.25, 0.3) is 0 Å². The molecular weight excluding hydrogens is 336 g/mol. The molecule has 0 N–H and O–H groups in total. The Morgan fingerprint density at radius 2 is 1.88 bits per heavy atom. The zero-order valence-corrected chi connectivity index (χ0v) is 15.4. The number of rotatable bonds is 6. The maximum Gasteiger partial charge on any atom is 0.204 e. The van der Waals surface area contributed by atoms with E-state index in [9.17, 15) is 0 Å². The molecule has 0 aliphatic heterocycles. The minimum Gasteiger partial charge on any atom is -0.492 e. The molecule has 6 heteroatoms. The Hall–Kier alpha value is -2.40. The van der Waals surface area contributed by atoms with Crippen molar-refractivity contribution in [2.75, 3.05) is 6.61 Å². The lowest BCUT2D eigenvalue weighted by Crippen LogP contribution is -2.11. The van der Waals surface area contributed by atoms with Crippen molar-refractivity contribution in [1.82, 2.24) is 20.2 Å². The first-order valence-electron chi connectivity index (χ1n) is 8.30. The van der Waals surface area contributed by atoms with Crippen LogP contribution in [0, 0.1) is 6.92 Å². The predicted octanol–water partition coefficient (Wildman–Crippen LogP) is 4.50. The van der Waals surface area contributed by atoms with Crippen LogP contribution in [0.25, 0.3) is 11.4 Å². The number of hydrogen-bond donors (Lipinski definition) is 0. The lowest BCUT2D eigenvalue weighted by molar-refractivity contribution is 0.280. The van der Waals surface area contributed by atoms with Crippen molar-refractivity contribution in [2.24, 2.45) is 0 Å².